The van der Waals surface area contributed by atoms with E-state index in [0.29, 0.717) is 16.0 Å². The molecule has 0 radical (unpaired) electrons. The van der Waals surface area contributed by atoms with Crippen LogP contribution < -0.4 is 4.72 Å². The highest BCUT2D eigenvalue weighted by Crippen LogP contribution is 2.31. The molecule has 0 aliphatic heterocycles. The Morgan fingerprint density at radius 2 is 1.69 bits per heavy atom. The number of sulfonamides is 1. The van der Waals surface area contributed by atoms with Gasteiger partial charge in [-0.25, -0.2) is 8.42 Å². The number of pyridine rings is 1. The van der Waals surface area contributed by atoms with Crippen LogP contribution in [0.25, 0.3) is 22.4 Å². The Labute approximate surface area is 164 Å². The summed E-state index contributed by atoms with van der Waals surface area (Å²) in [6, 6.07) is 9.68. The lowest BCUT2D eigenvalue weighted by Crippen LogP contribution is -2.37. The Balaban J connectivity index is 1.90. The van der Waals surface area contributed by atoms with Crippen LogP contribution in [0.15, 0.2) is 55.0 Å². The van der Waals surface area contributed by atoms with Gasteiger partial charge < -0.3 is 5.11 Å². The van der Waals surface area contributed by atoms with E-state index in [1.54, 1.807) is 47.5 Å². The number of rotatable bonds is 7. The first-order chi connectivity index (χ1) is 13.7. The number of hydrogen-bond acceptors (Lipinski definition) is 5. The summed E-state index contributed by atoms with van der Waals surface area (Å²) in [5.74, 6) is -0.798. The zero-order chi connectivity index (χ0) is 21.1. The molecule has 7 nitrogen and oxygen atoms in total. The molecule has 0 aliphatic carbocycles. The molecule has 0 bridgehead atoms. The van der Waals surface area contributed by atoms with Gasteiger partial charge in [-0.1, -0.05) is 24.3 Å². The second kappa shape index (κ2) is 8.31. The Kier molecular flexibility index (Phi) is 6.01. The SMILES string of the molecule is O=S(=O)(Cc1ccc(-c2cn(CCO)nc2-c2ccncc2)cc1)NC(F)(F)F. The number of benzene rings is 1. The molecule has 0 spiro atoms. The predicted molar refractivity (Wildman–Crippen MR) is 99.8 cm³/mol. The highest BCUT2D eigenvalue weighted by molar-refractivity contribution is 7.88. The molecule has 2 heterocycles. The number of aliphatic hydroxyl groups excluding tert-OH is 1. The molecule has 11 heteroatoms. The minimum Gasteiger partial charge on any atom is -0.394 e. The van der Waals surface area contributed by atoms with Crippen molar-refractivity contribution in [3.8, 4) is 22.4 Å². The van der Waals surface area contributed by atoms with Crippen LogP contribution in [0.4, 0.5) is 13.2 Å². The predicted octanol–water partition coefficient (Wildman–Crippen LogP) is 2.54. The molecule has 0 fully saturated rings. The van der Waals surface area contributed by atoms with Crippen LogP contribution in [0.5, 0.6) is 0 Å². The van der Waals surface area contributed by atoms with Crippen molar-refractivity contribution in [3.63, 3.8) is 0 Å². The van der Waals surface area contributed by atoms with Crippen molar-refractivity contribution in [2.75, 3.05) is 6.61 Å². The number of aliphatic hydroxyl groups is 1. The molecule has 154 valence electrons. The van der Waals surface area contributed by atoms with E-state index < -0.39 is 22.1 Å². The molecule has 0 saturated carbocycles. The van der Waals surface area contributed by atoms with E-state index >= 15 is 0 Å². The largest absolute Gasteiger partial charge is 0.470 e. The second-order valence-electron chi connectivity index (χ2n) is 6.17. The molecule has 3 aromatic rings. The minimum atomic E-state index is -5.01. The van der Waals surface area contributed by atoms with Crippen molar-refractivity contribution in [1.29, 1.82) is 0 Å². The van der Waals surface area contributed by atoms with Crippen LogP contribution in [0.2, 0.25) is 0 Å². The molecule has 3 rings (SSSR count). The van der Waals surface area contributed by atoms with Crippen molar-refractivity contribution in [2.45, 2.75) is 18.6 Å². The number of nitrogens with one attached hydrogen (secondary N) is 1. The van der Waals surface area contributed by atoms with Gasteiger partial charge in [-0.05, 0) is 23.3 Å². The fourth-order valence-corrected chi connectivity index (χ4v) is 3.84. The maximum Gasteiger partial charge on any atom is 0.470 e. The number of nitrogens with zero attached hydrogens (tertiary/aromatic N) is 3. The molecular weight excluding hydrogens is 409 g/mol. The fourth-order valence-electron chi connectivity index (χ4n) is 2.78. The first-order valence-electron chi connectivity index (χ1n) is 8.43. The Hall–Kier alpha value is -2.76. The monoisotopic (exact) mass is 426 g/mol. The summed E-state index contributed by atoms with van der Waals surface area (Å²) in [7, 11) is -4.55. The lowest BCUT2D eigenvalue weighted by atomic mass is 10.0. The molecule has 2 aromatic heterocycles. The Morgan fingerprint density at radius 3 is 2.28 bits per heavy atom. The smallest absolute Gasteiger partial charge is 0.394 e. The van der Waals surface area contributed by atoms with Gasteiger partial charge >= 0.3 is 6.30 Å². The first kappa shape index (κ1) is 21.0. The average Bonchev–Trinajstić information content (AvgIpc) is 3.05. The van der Waals surface area contributed by atoms with E-state index in [0.717, 1.165) is 11.1 Å². The molecule has 1 aromatic carbocycles. The van der Waals surface area contributed by atoms with E-state index in [1.807, 2.05) is 0 Å². The number of aromatic nitrogens is 3. The Morgan fingerprint density at radius 1 is 1.03 bits per heavy atom. The molecular formula is C18H17F3N4O3S. The third-order valence-corrected chi connectivity index (χ3v) is 5.19. The topological polar surface area (TPSA) is 97.1 Å². The van der Waals surface area contributed by atoms with Crippen molar-refractivity contribution >= 4 is 10.0 Å². The molecule has 0 amide bonds. The Bertz CT molecular complexity index is 1070. The maximum atomic E-state index is 12.3. The summed E-state index contributed by atoms with van der Waals surface area (Å²) in [4.78, 5) is 3.97. The zero-order valence-electron chi connectivity index (χ0n) is 15.0. The van der Waals surface area contributed by atoms with Crippen LogP contribution in [0.3, 0.4) is 0 Å². The van der Waals surface area contributed by atoms with Gasteiger partial charge in [0.1, 0.15) is 5.69 Å². The standard InChI is InChI=1S/C18H17F3N4O3S/c19-18(20,21)24-29(27,28)12-13-1-3-14(4-2-13)16-11-25(9-10-26)23-17(16)15-5-7-22-8-6-15/h1-8,11,24,26H,9-10,12H2. The number of halogens is 3. The highest BCUT2D eigenvalue weighted by atomic mass is 32.2. The maximum absolute atomic E-state index is 12.3. The molecule has 0 saturated heterocycles. The van der Waals surface area contributed by atoms with Gasteiger partial charge in [0, 0.05) is 29.7 Å². The molecule has 2 N–H and O–H groups in total. The molecule has 29 heavy (non-hydrogen) atoms. The van der Waals surface area contributed by atoms with E-state index in [1.165, 1.54) is 12.1 Å². The van der Waals surface area contributed by atoms with Gasteiger partial charge in [0.2, 0.25) is 10.0 Å². The third-order valence-electron chi connectivity index (χ3n) is 3.94. The summed E-state index contributed by atoms with van der Waals surface area (Å²) in [5, 5.41) is 13.6. The van der Waals surface area contributed by atoms with Crippen molar-refractivity contribution in [2.24, 2.45) is 0 Å². The van der Waals surface area contributed by atoms with Crippen LogP contribution >= 0.6 is 0 Å². The summed E-state index contributed by atoms with van der Waals surface area (Å²) >= 11 is 0. The first-order valence-corrected chi connectivity index (χ1v) is 10.1. The highest BCUT2D eigenvalue weighted by Gasteiger charge is 2.33. The molecule has 0 aliphatic rings. The van der Waals surface area contributed by atoms with Crippen LogP contribution in [0.1, 0.15) is 5.56 Å². The van der Waals surface area contributed by atoms with Gasteiger partial charge in [-0.2, -0.15) is 18.3 Å². The summed E-state index contributed by atoms with van der Waals surface area (Å²) < 4.78 is 62.3. The lowest BCUT2D eigenvalue weighted by molar-refractivity contribution is -0.138. The quantitative estimate of drug-likeness (QED) is 0.566. The number of alkyl halides is 3. The summed E-state index contributed by atoms with van der Waals surface area (Å²) in [5.41, 5.74) is 3.07. The van der Waals surface area contributed by atoms with Gasteiger partial charge in [0.05, 0.1) is 18.9 Å². The molecule has 0 atom stereocenters. The normalized spacial score (nSPS) is 12.3. The second-order valence-corrected chi connectivity index (χ2v) is 7.89. The lowest BCUT2D eigenvalue weighted by Gasteiger charge is -2.10. The van der Waals surface area contributed by atoms with E-state index in [-0.39, 0.29) is 18.7 Å². The van der Waals surface area contributed by atoms with Gasteiger partial charge in [0.15, 0.2) is 0 Å². The summed E-state index contributed by atoms with van der Waals surface area (Å²) in [6.07, 6.45) is -0.0417. The average molecular weight is 426 g/mol. The zero-order valence-corrected chi connectivity index (χ0v) is 15.8. The summed E-state index contributed by atoms with van der Waals surface area (Å²) in [6.45, 7) is 0.192. The number of hydrogen-bond donors (Lipinski definition) is 2. The van der Waals surface area contributed by atoms with E-state index in [4.69, 9.17) is 0 Å². The van der Waals surface area contributed by atoms with Gasteiger partial charge in [-0.3, -0.25) is 9.67 Å². The van der Waals surface area contributed by atoms with Crippen LogP contribution in [0, 0.1) is 0 Å². The van der Waals surface area contributed by atoms with Crippen molar-refractivity contribution < 1.29 is 26.7 Å². The van der Waals surface area contributed by atoms with E-state index in [2.05, 4.69) is 10.1 Å². The van der Waals surface area contributed by atoms with Crippen LogP contribution in [-0.2, 0) is 22.3 Å². The van der Waals surface area contributed by atoms with Gasteiger partial charge in [-0.15, -0.1) is 4.72 Å². The van der Waals surface area contributed by atoms with E-state index in [9.17, 15) is 26.7 Å². The van der Waals surface area contributed by atoms with Crippen molar-refractivity contribution in [3.05, 3.63) is 60.6 Å². The van der Waals surface area contributed by atoms with Gasteiger partial charge in [0.25, 0.3) is 0 Å². The fraction of sp³-hybridized carbons (Fsp3) is 0.222. The molecule has 0 unspecified atom stereocenters. The van der Waals surface area contributed by atoms with Crippen LogP contribution in [-0.4, -0.2) is 41.2 Å². The third kappa shape index (κ3) is 5.62. The van der Waals surface area contributed by atoms with Crippen molar-refractivity contribution in [1.82, 2.24) is 19.5 Å². The minimum absolute atomic E-state index is 0.0973.